The second kappa shape index (κ2) is 4.52. The molecule has 0 unspecified atom stereocenters. The molecule has 7 nitrogen and oxygen atoms in total. The molecular formula is C12H11N3O4. The van der Waals surface area contributed by atoms with Gasteiger partial charge in [0.1, 0.15) is 0 Å². The second-order valence-corrected chi connectivity index (χ2v) is 4.10. The van der Waals surface area contributed by atoms with E-state index in [1.54, 1.807) is 19.1 Å². The predicted molar refractivity (Wildman–Crippen MR) is 64.8 cm³/mol. The third-order valence-corrected chi connectivity index (χ3v) is 2.66. The van der Waals surface area contributed by atoms with Crippen LogP contribution in [0.1, 0.15) is 32.1 Å². The number of aromatic carboxylic acids is 2. The zero-order chi connectivity index (χ0) is 14.2. The summed E-state index contributed by atoms with van der Waals surface area (Å²) in [7, 11) is 0. The zero-order valence-corrected chi connectivity index (χ0v) is 10.3. The van der Waals surface area contributed by atoms with Gasteiger partial charge in [0.25, 0.3) is 0 Å². The topological polar surface area (TPSA) is 105 Å². The summed E-state index contributed by atoms with van der Waals surface area (Å²) in [6, 6.07) is 5.32. The van der Waals surface area contributed by atoms with Crippen LogP contribution in [0, 0.1) is 13.8 Å². The van der Waals surface area contributed by atoms with E-state index < -0.39 is 23.3 Å². The van der Waals surface area contributed by atoms with Crippen LogP contribution in [-0.4, -0.2) is 37.1 Å². The van der Waals surface area contributed by atoms with E-state index in [0.29, 0.717) is 5.69 Å². The van der Waals surface area contributed by atoms with E-state index in [4.69, 9.17) is 10.2 Å². The van der Waals surface area contributed by atoms with E-state index in [0.717, 1.165) is 15.8 Å². The van der Waals surface area contributed by atoms with Gasteiger partial charge in [-0.15, -0.1) is 5.10 Å². The molecule has 1 aromatic heterocycles. The van der Waals surface area contributed by atoms with Crippen molar-refractivity contribution >= 4 is 11.9 Å². The lowest BCUT2D eigenvalue weighted by Gasteiger charge is -2.07. The average Bonchev–Trinajstić information content (AvgIpc) is 2.73. The smallest absolute Gasteiger partial charge is 0.359 e. The minimum atomic E-state index is -1.42. The number of carboxylic acids is 2. The molecule has 2 N–H and O–H groups in total. The number of nitrogens with zero attached hydrogens (tertiary/aromatic N) is 3. The highest BCUT2D eigenvalue weighted by atomic mass is 16.4. The molecule has 1 aromatic carbocycles. The van der Waals surface area contributed by atoms with Gasteiger partial charge in [-0.05, 0) is 25.5 Å². The standard InChI is InChI=1S/C12H11N3O4/c1-6-3-4-8(7(2)5-6)15-10(12(18)19)9(11(16)17)13-14-15/h3-5H,1-2H3,(H,16,17)(H,18,19). The first-order valence-corrected chi connectivity index (χ1v) is 5.41. The summed E-state index contributed by atoms with van der Waals surface area (Å²) in [5, 5.41) is 25.1. The maximum absolute atomic E-state index is 11.2. The van der Waals surface area contributed by atoms with Crippen molar-refractivity contribution in [2.24, 2.45) is 0 Å². The molecule has 0 atom stereocenters. The third kappa shape index (κ3) is 2.17. The van der Waals surface area contributed by atoms with E-state index in [9.17, 15) is 9.59 Å². The molecule has 2 aromatic rings. The molecule has 19 heavy (non-hydrogen) atoms. The van der Waals surface area contributed by atoms with Gasteiger partial charge >= 0.3 is 11.9 Å². The van der Waals surface area contributed by atoms with Crippen LogP contribution >= 0.6 is 0 Å². The number of carbonyl (C=O) groups is 2. The van der Waals surface area contributed by atoms with Gasteiger partial charge in [0.15, 0.2) is 5.69 Å². The van der Waals surface area contributed by atoms with Crippen LogP contribution in [0.3, 0.4) is 0 Å². The monoisotopic (exact) mass is 261 g/mol. The van der Waals surface area contributed by atoms with E-state index in [-0.39, 0.29) is 0 Å². The molecule has 7 heteroatoms. The van der Waals surface area contributed by atoms with Crippen molar-refractivity contribution < 1.29 is 19.8 Å². The number of benzene rings is 1. The van der Waals surface area contributed by atoms with Gasteiger partial charge in [-0.2, -0.15) is 0 Å². The van der Waals surface area contributed by atoms with E-state index in [2.05, 4.69) is 10.3 Å². The Bertz CT molecular complexity index is 676. The molecule has 0 aliphatic heterocycles. The Kier molecular flexibility index (Phi) is 3.04. The summed E-state index contributed by atoms with van der Waals surface area (Å²) < 4.78 is 1.03. The number of aryl methyl sites for hydroxylation is 2. The average molecular weight is 261 g/mol. The van der Waals surface area contributed by atoms with Crippen molar-refractivity contribution in [1.82, 2.24) is 15.0 Å². The number of carboxylic acid groups (broad SMARTS) is 2. The van der Waals surface area contributed by atoms with Crippen LogP contribution in [0.5, 0.6) is 0 Å². The first-order valence-electron chi connectivity index (χ1n) is 5.41. The third-order valence-electron chi connectivity index (χ3n) is 2.66. The van der Waals surface area contributed by atoms with Gasteiger partial charge in [0, 0.05) is 0 Å². The highest BCUT2D eigenvalue weighted by molar-refractivity contribution is 5.99. The summed E-state index contributed by atoms with van der Waals surface area (Å²) >= 11 is 0. The van der Waals surface area contributed by atoms with Crippen LogP contribution in [-0.2, 0) is 0 Å². The second-order valence-electron chi connectivity index (χ2n) is 4.10. The Morgan fingerprint density at radius 1 is 1.16 bits per heavy atom. The van der Waals surface area contributed by atoms with Crippen LogP contribution in [0.2, 0.25) is 0 Å². The molecule has 0 aliphatic rings. The maximum Gasteiger partial charge on any atom is 0.359 e. The highest BCUT2D eigenvalue weighted by Gasteiger charge is 2.26. The summed E-state index contributed by atoms with van der Waals surface area (Å²) in [5.74, 6) is -2.81. The van der Waals surface area contributed by atoms with Crippen LogP contribution in [0.15, 0.2) is 18.2 Å². The summed E-state index contributed by atoms with van der Waals surface area (Å²) in [6.45, 7) is 3.69. The number of aromatic nitrogens is 3. The number of hydrogen-bond acceptors (Lipinski definition) is 4. The minimum absolute atomic E-state index is 0.459. The highest BCUT2D eigenvalue weighted by Crippen LogP contribution is 2.18. The Hall–Kier alpha value is -2.70. The molecule has 0 amide bonds. The van der Waals surface area contributed by atoms with Crippen molar-refractivity contribution in [2.75, 3.05) is 0 Å². The van der Waals surface area contributed by atoms with Crippen LogP contribution in [0.4, 0.5) is 0 Å². The Morgan fingerprint density at radius 3 is 2.37 bits per heavy atom. The van der Waals surface area contributed by atoms with Crippen molar-refractivity contribution in [1.29, 1.82) is 0 Å². The molecule has 2 rings (SSSR count). The molecule has 0 saturated carbocycles. The fourth-order valence-corrected chi connectivity index (χ4v) is 1.83. The molecule has 0 bridgehead atoms. The normalized spacial score (nSPS) is 10.4. The predicted octanol–water partition coefficient (Wildman–Crippen LogP) is 1.28. The maximum atomic E-state index is 11.2. The molecule has 0 spiro atoms. The number of hydrogen-bond donors (Lipinski definition) is 2. The Balaban J connectivity index is 2.69. The van der Waals surface area contributed by atoms with Crippen LogP contribution < -0.4 is 0 Å². The lowest BCUT2D eigenvalue weighted by molar-refractivity contribution is 0.0642. The van der Waals surface area contributed by atoms with Crippen molar-refractivity contribution in [3.8, 4) is 5.69 Å². The lowest BCUT2D eigenvalue weighted by Crippen LogP contribution is -2.13. The van der Waals surface area contributed by atoms with E-state index >= 15 is 0 Å². The molecular weight excluding hydrogens is 250 g/mol. The molecule has 1 heterocycles. The SMILES string of the molecule is Cc1ccc(-n2nnc(C(=O)O)c2C(=O)O)c(C)c1. The lowest BCUT2D eigenvalue weighted by atomic mass is 10.1. The van der Waals surface area contributed by atoms with Crippen molar-refractivity contribution in [2.45, 2.75) is 13.8 Å². The van der Waals surface area contributed by atoms with E-state index in [1.807, 2.05) is 13.0 Å². The Morgan fingerprint density at radius 2 is 1.84 bits per heavy atom. The quantitative estimate of drug-likeness (QED) is 0.862. The summed E-state index contributed by atoms with van der Waals surface area (Å²) in [5.41, 5.74) is 1.25. The van der Waals surface area contributed by atoms with Gasteiger partial charge in [0.2, 0.25) is 5.69 Å². The summed E-state index contributed by atoms with van der Waals surface area (Å²) in [6.07, 6.45) is 0. The van der Waals surface area contributed by atoms with Gasteiger partial charge < -0.3 is 10.2 Å². The number of rotatable bonds is 3. The van der Waals surface area contributed by atoms with Crippen LogP contribution in [0.25, 0.3) is 5.69 Å². The molecule has 0 radical (unpaired) electrons. The fourth-order valence-electron chi connectivity index (χ4n) is 1.83. The zero-order valence-electron chi connectivity index (χ0n) is 10.3. The van der Waals surface area contributed by atoms with Crippen molar-refractivity contribution in [3.05, 3.63) is 40.7 Å². The molecule has 98 valence electrons. The van der Waals surface area contributed by atoms with Crippen molar-refractivity contribution in [3.63, 3.8) is 0 Å². The van der Waals surface area contributed by atoms with E-state index in [1.165, 1.54) is 0 Å². The largest absolute Gasteiger partial charge is 0.476 e. The first-order chi connectivity index (χ1) is 8.91. The molecule has 0 fully saturated rings. The first kappa shape index (κ1) is 12.7. The summed E-state index contributed by atoms with van der Waals surface area (Å²) in [4.78, 5) is 22.1. The molecule has 0 saturated heterocycles. The van der Waals surface area contributed by atoms with Gasteiger partial charge in [0.05, 0.1) is 5.69 Å². The van der Waals surface area contributed by atoms with Gasteiger partial charge in [-0.25, -0.2) is 14.3 Å². The Labute approximate surface area is 108 Å². The van der Waals surface area contributed by atoms with Gasteiger partial charge in [-0.1, -0.05) is 22.9 Å². The van der Waals surface area contributed by atoms with Gasteiger partial charge in [-0.3, -0.25) is 0 Å². The minimum Gasteiger partial charge on any atom is -0.476 e. The molecule has 0 aliphatic carbocycles. The fraction of sp³-hybridized carbons (Fsp3) is 0.167.